The number of aromatic nitrogens is 10. The molecule has 0 atom stereocenters. The molecule has 0 aliphatic heterocycles. The average molecular weight is 2670 g/mol. The Morgan fingerprint density at radius 2 is 0.328 bits per heavy atom. The first-order valence-corrected chi connectivity index (χ1v) is 43.4. The van der Waals surface area contributed by atoms with E-state index in [4.69, 9.17) is 0 Å². The monoisotopic (exact) mass is 2680 g/mol. The first-order valence-electron chi connectivity index (χ1n) is 43.4. The van der Waals surface area contributed by atoms with E-state index in [9.17, 15) is 0 Å². The predicted octanol–water partition coefficient (Wildman–Crippen LogP) is 29.2. The standard InChI is InChI=1S/2C13H12N.8C12H10N.4Ir.Pt/c2*1-10-4-3-5-12(8-10)13-7-6-11(2)9-14-13;5*1-10-5-4-6-11(9-10)12-7-2-3-8-13-12;2*1-10-5-7-11(8-6-10)12-4-2-3-9-13-12;1-10-7-8-12(13-9-10)11-5-3-2-4-6-11;;;;;/h2*3-4,6-9H,1-2H3;5*2-5,7-9H,1H3;2*2-7,9H,1H3;2-5,7-9H,1H3;;;;;/q10*-1;;;;;+2. The summed E-state index contributed by atoms with van der Waals surface area (Å²) in [5.41, 5.74) is 35.0. The topological polar surface area (TPSA) is 129 Å². The Hall–Kier alpha value is -13.0. The maximum Gasteiger partial charge on any atom is 2.00 e. The van der Waals surface area contributed by atoms with Gasteiger partial charge in [-0.25, -0.2) is 0 Å². The molecule has 0 spiro atoms. The van der Waals surface area contributed by atoms with Crippen LogP contribution in [-0.4, -0.2) is 49.8 Å². The SMILES string of the molecule is Cc1c[c-]c(-c2ccccn2)cc1.Cc1c[c-]c(-c2ccccn2)cc1.Cc1cc[c-]c(-c2ccccn2)c1.Cc1cc[c-]c(-c2ccccn2)c1.Cc1cc[c-]c(-c2ccccn2)c1.Cc1cc[c-]c(-c2ccccn2)c1.Cc1cc[c-]c(-c2ccccn2)c1.Cc1ccc(-c2[c-]ccc(C)c2)nc1.Cc1ccc(-c2[c-]ccc(C)c2)nc1.Cc1ccc(-c2[c-]cccc2)nc1.[Ir].[Ir].[Ir].[Ir].[Pt+2]. The minimum absolute atomic E-state index is 0. The summed E-state index contributed by atoms with van der Waals surface area (Å²) in [4.78, 5) is 42.8. The number of aryl methyl sites for hydroxylation is 12. The van der Waals surface area contributed by atoms with Gasteiger partial charge in [-0.15, -0.1) is 354 Å². The van der Waals surface area contributed by atoms with Crippen molar-refractivity contribution >= 4 is 0 Å². The van der Waals surface area contributed by atoms with E-state index in [2.05, 4.69) is 246 Å². The van der Waals surface area contributed by atoms with Crippen LogP contribution in [0.4, 0.5) is 0 Å². The first-order chi connectivity index (χ1) is 64.4. The molecule has 20 rings (SSSR count). The van der Waals surface area contributed by atoms with Gasteiger partial charge in [0.25, 0.3) is 0 Å². The predicted molar refractivity (Wildman–Crippen MR) is 542 cm³/mol. The van der Waals surface area contributed by atoms with Crippen LogP contribution in [0.3, 0.4) is 0 Å². The zero-order chi connectivity index (χ0) is 92.7. The van der Waals surface area contributed by atoms with Crippen molar-refractivity contribution in [2.45, 2.75) is 83.1 Å². The van der Waals surface area contributed by atoms with Crippen molar-refractivity contribution in [3.63, 3.8) is 0 Å². The molecule has 0 bridgehead atoms. The normalized spacial score (nSPS) is 9.61. The summed E-state index contributed by atoms with van der Waals surface area (Å²) < 4.78 is 0. The first kappa shape index (κ1) is 113. The van der Waals surface area contributed by atoms with Crippen molar-refractivity contribution < 1.29 is 101 Å². The third-order valence-electron chi connectivity index (χ3n) is 19.5. The molecule has 20 aromatic rings. The second kappa shape index (κ2) is 62.6. The fourth-order valence-electron chi connectivity index (χ4n) is 12.5. The van der Waals surface area contributed by atoms with E-state index in [0.29, 0.717) is 0 Å². The number of hydrogen-bond donors (Lipinski definition) is 0. The molecular weight excluding hydrogens is 2570 g/mol. The number of benzene rings is 10. The Morgan fingerprint density at radius 3 is 0.496 bits per heavy atom. The van der Waals surface area contributed by atoms with Crippen LogP contribution in [0.5, 0.6) is 0 Å². The van der Waals surface area contributed by atoms with Crippen LogP contribution in [0.25, 0.3) is 113 Å². The van der Waals surface area contributed by atoms with Gasteiger partial charge in [0.2, 0.25) is 0 Å². The van der Waals surface area contributed by atoms with E-state index in [1.54, 1.807) is 43.4 Å². The van der Waals surface area contributed by atoms with Gasteiger partial charge in [0.15, 0.2) is 0 Å². The van der Waals surface area contributed by atoms with Gasteiger partial charge in [0.05, 0.1) is 0 Å². The molecule has 696 valence electrons. The molecular formula is C122H104Ir4N10Pt-8. The average Bonchev–Trinajstić information content (AvgIpc) is 0.858. The van der Waals surface area contributed by atoms with E-state index >= 15 is 0 Å². The molecule has 10 aromatic heterocycles. The third kappa shape index (κ3) is 40.4. The van der Waals surface area contributed by atoms with Crippen LogP contribution in [-0.2, 0) is 101 Å². The van der Waals surface area contributed by atoms with Gasteiger partial charge in [-0.2, -0.15) is 0 Å². The second-order valence-electron chi connectivity index (χ2n) is 31.0. The summed E-state index contributed by atoms with van der Waals surface area (Å²) >= 11 is 0. The van der Waals surface area contributed by atoms with Crippen molar-refractivity contribution in [3.05, 3.63) is 541 Å². The molecule has 10 nitrogen and oxygen atoms in total. The molecule has 137 heavy (non-hydrogen) atoms. The van der Waals surface area contributed by atoms with Crippen molar-refractivity contribution in [1.29, 1.82) is 0 Å². The molecule has 0 aliphatic rings. The molecule has 0 aliphatic carbocycles. The van der Waals surface area contributed by atoms with Crippen LogP contribution in [0, 0.1) is 144 Å². The van der Waals surface area contributed by atoms with Gasteiger partial charge >= 0.3 is 21.1 Å². The van der Waals surface area contributed by atoms with Gasteiger partial charge in [0, 0.05) is 142 Å². The Morgan fingerprint density at radius 1 is 0.146 bits per heavy atom. The van der Waals surface area contributed by atoms with E-state index in [1.807, 2.05) is 318 Å². The Balaban J connectivity index is 0.000000233. The van der Waals surface area contributed by atoms with Gasteiger partial charge in [-0.05, 0) is 137 Å². The van der Waals surface area contributed by atoms with E-state index < -0.39 is 0 Å². The molecule has 0 unspecified atom stereocenters. The smallest absolute Gasteiger partial charge is 0.305 e. The number of hydrogen-bond acceptors (Lipinski definition) is 10. The number of nitrogens with zero attached hydrogens (tertiary/aromatic N) is 10. The molecule has 0 saturated heterocycles. The molecule has 0 saturated carbocycles. The van der Waals surface area contributed by atoms with Crippen molar-refractivity contribution in [2.75, 3.05) is 0 Å². The Labute approximate surface area is 879 Å². The van der Waals surface area contributed by atoms with E-state index in [1.165, 1.54) is 66.8 Å². The van der Waals surface area contributed by atoms with Crippen LogP contribution < -0.4 is 0 Å². The molecule has 0 fully saturated rings. The van der Waals surface area contributed by atoms with Crippen LogP contribution >= 0.6 is 0 Å². The molecule has 15 heteroatoms. The van der Waals surface area contributed by atoms with Gasteiger partial charge in [-0.3, -0.25) is 0 Å². The summed E-state index contributed by atoms with van der Waals surface area (Å²) in [5, 5.41) is 0. The van der Waals surface area contributed by atoms with E-state index in [0.717, 1.165) is 113 Å². The zero-order valence-electron chi connectivity index (χ0n) is 78.4. The van der Waals surface area contributed by atoms with Crippen LogP contribution in [0.15, 0.2) is 414 Å². The molecule has 10 aromatic carbocycles. The maximum absolute atomic E-state index is 4.36. The fraction of sp³-hybridized carbons (Fsp3) is 0.0984. The third-order valence-corrected chi connectivity index (χ3v) is 19.5. The molecule has 4 radical (unpaired) electrons. The minimum Gasteiger partial charge on any atom is -0.305 e. The minimum atomic E-state index is 0. The van der Waals surface area contributed by atoms with Gasteiger partial charge < -0.3 is 49.8 Å². The van der Waals surface area contributed by atoms with Crippen LogP contribution in [0.2, 0.25) is 0 Å². The second-order valence-corrected chi connectivity index (χ2v) is 31.0. The summed E-state index contributed by atoms with van der Waals surface area (Å²) in [6, 6.07) is 148. The summed E-state index contributed by atoms with van der Waals surface area (Å²) in [6.07, 6.45) is 18.2. The Kier molecular flexibility index (Phi) is 51.5. The zero-order valence-corrected chi connectivity index (χ0v) is 90.2. The van der Waals surface area contributed by atoms with Gasteiger partial charge in [-0.1, -0.05) is 184 Å². The van der Waals surface area contributed by atoms with Crippen LogP contribution in [0.1, 0.15) is 66.8 Å². The molecule has 0 N–H and O–H groups in total. The van der Waals surface area contributed by atoms with E-state index in [-0.39, 0.29) is 101 Å². The van der Waals surface area contributed by atoms with Crippen molar-refractivity contribution in [2.24, 2.45) is 0 Å². The van der Waals surface area contributed by atoms with Crippen molar-refractivity contribution in [3.8, 4) is 113 Å². The molecule has 10 heterocycles. The summed E-state index contributed by atoms with van der Waals surface area (Å²) in [6.45, 7) is 24.7. The fourth-order valence-corrected chi connectivity index (χ4v) is 12.5. The Bertz CT molecular complexity index is 5960. The molecule has 0 amide bonds. The summed E-state index contributed by atoms with van der Waals surface area (Å²) in [7, 11) is 0. The largest absolute Gasteiger partial charge is 2.00 e. The summed E-state index contributed by atoms with van der Waals surface area (Å²) in [5.74, 6) is 0. The maximum atomic E-state index is 4.36. The van der Waals surface area contributed by atoms with Gasteiger partial charge in [0.1, 0.15) is 0 Å². The number of pyridine rings is 10. The van der Waals surface area contributed by atoms with Crippen molar-refractivity contribution in [1.82, 2.24) is 49.8 Å². The quantitative estimate of drug-likeness (QED) is 0.122. The number of rotatable bonds is 10.